The first-order valence-electron chi connectivity index (χ1n) is 13.8. The van der Waals surface area contributed by atoms with Crippen LogP contribution in [0.5, 0.6) is 0 Å². The van der Waals surface area contributed by atoms with Gasteiger partial charge in [0.05, 0.1) is 0 Å². The predicted molar refractivity (Wildman–Crippen MR) is 168 cm³/mol. The molecule has 39 heavy (non-hydrogen) atoms. The molecule has 0 unspecified atom stereocenters. The first-order valence-corrected chi connectivity index (χ1v) is 13.8. The summed E-state index contributed by atoms with van der Waals surface area (Å²) in [6.45, 7) is 4.41. The topological polar surface area (TPSA) is 0 Å². The van der Waals surface area contributed by atoms with Gasteiger partial charge in [-0.2, -0.15) is 0 Å². The van der Waals surface area contributed by atoms with E-state index < -0.39 is 0 Å². The smallest absolute Gasteiger partial charge is 0.000728 e. The third-order valence-corrected chi connectivity index (χ3v) is 8.57. The molecule has 0 radical (unpaired) electrons. The minimum atomic E-state index is 1.000. The molecular weight excluding hydrogens is 468 g/mol. The molecule has 0 atom stereocenters. The Labute approximate surface area is 229 Å². The molecular formula is C39H28. The van der Waals surface area contributed by atoms with E-state index in [1.54, 1.807) is 0 Å². The van der Waals surface area contributed by atoms with Crippen LogP contribution in [-0.2, 0) is 6.42 Å². The number of hydrogen-bond acceptors (Lipinski definition) is 0. The van der Waals surface area contributed by atoms with Gasteiger partial charge in [0.25, 0.3) is 0 Å². The molecule has 7 aromatic carbocycles. The van der Waals surface area contributed by atoms with Crippen molar-refractivity contribution in [3.63, 3.8) is 0 Å². The molecule has 0 aliphatic heterocycles. The molecule has 1 aliphatic carbocycles. The van der Waals surface area contributed by atoms with E-state index >= 15 is 0 Å². The Morgan fingerprint density at radius 1 is 0.385 bits per heavy atom. The van der Waals surface area contributed by atoms with Gasteiger partial charge in [-0.25, -0.2) is 0 Å². The second-order valence-electron chi connectivity index (χ2n) is 11.1. The van der Waals surface area contributed by atoms with E-state index in [9.17, 15) is 0 Å². The van der Waals surface area contributed by atoms with Crippen molar-refractivity contribution < 1.29 is 0 Å². The highest BCUT2D eigenvalue weighted by atomic mass is 14.3. The summed E-state index contributed by atoms with van der Waals surface area (Å²) >= 11 is 0. The zero-order chi connectivity index (χ0) is 26.1. The van der Waals surface area contributed by atoms with Crippen LogP contribution in [0.2, 0.25) is 0 Å². The van der Waals surface area contributed by atoms with Crippen LogP contribution in [0.3, 0.4) is 0 Å². The van der Waals surface area contributed by atoms with Crippen LogP contribution in [0, 0.1) is 13.8 Å². The molecule has 0 fully saturated rings. The van der Waals surface area contributed by atoms with Gasteiger partial charge in [-0.1, -0.05) is 115 Å². The Kier molecular flexibility index (Phi) is 4.81. The average molecular weight is 497 g/mol. The number of hydrogen-bond donors (Lipinski definition) is 0. The van der Waals surface area contributed by atoms with E-state index in [2.05, 4.69) is 135 Å². The molecule has 8 rings (SSSR count). The van der Waals surface area contributed by atoms with Gasteiger partial charge >= 0.3 is 0 Å². The molecule has 0 nitrogen and oxygen atoms in total. The summed E-state index contributed by atoms with van der Waals surface area (Å²) in [5.41, 5.74) is 13.5. The van der Waals surface area contributed by atoms with Gasteiger partial charge in [-0.05, 0) is 115 Å². The van der Waals surface area contributed by atoms with E-state index in [4.69, 9.17) is 0 Å². The van der Waals surface area contributed by atoms with Gasteiger partial charge in [0.15, 0.2) is 0 Å². The van der Waals surface area contributed by atoms with Crippen molar-refractivity contribution in [3.05, 3.63) is 144 Å². The fourth-order valence-corrected chi connectivity index (χ4v) is 6.74. The lowest BCUT2D eigenvalue weighted by Gasteiger charge is -2.14. The first kappa shape index (κ1) is 22.3. The van der Waals surface area contributed by atoms with Crippen LogP contribution in [-0.4, -0.2) is 0 Å². The molecule has 0 heterocycles. The molecule has 0 heteroatoms. The molecule has 0 aromatic heterocycles. The van der Waals surface area contributed by atoms with E-state index in [0.717, 1.165) is 6.42 Å². The van der Waals surface area contributed by atoms with Crippen molar-refractivity contribution >= 4 is 32.3 Å². The summed E-state index contributed by atoms with van der Waals surface area (Å²) < 4.78 is 0. The molecule has 7 aromatic rings. The normalized spacial score (nSPS) is 12.3. The first-order chi connectivity index (χ1) is 19.1. The molecule has 184 valence electrons. The van der Waals surface area contributed by atoms with Crippen LogP contribution >= 0.6 is 0 Å². The Morgan fingerprint density at radius 2 is 0.974 bits per heavy atom. The Bertz CT molecular complexity index is 2070. The minimum Gasteiger partial charge on any atom is -0.0616 e. The van der Waals surface area contributed by atoms with E-state index in [-0.39, 0.29) is 0 Å². The van der Waals surface area contributed by atoms with Gasteiger partial charge < -0.3 is 0 Å². The lowest BCUT2D eigenvalue weighted by molar-refractivity contribution is 1.25. The number of rotatable bonds is 2. The average Bonchev–Trinajstić information content (AvgIpc) is 3.34. The van der Waals surface area contributed by atoms with Crippen molar-refractivity contribution in [1.29, 1.82) is 0 Å². The fraction of sp³-hybridized carbons (Fsp3) is 0.0769. The second-order valence-corrected chi connectivity index (χ2v) is 11.1. The van der Waals surface area contributed by atoms with Crippen LogP contribution in [0.15, 0.2) is 121 Å². The highest BCUT2D eigenvalue weighted by Gasteiger charge is 2.22. The predicted octanol–water partition coefficient (Wildman–Crippen LogP) is 10.7. The lowest BCUT2D eigenvalue weighted by Crippen LogP contribution is -1.91. The van der Waals surface area contributed by atoms with Crippen molar-refractivity contribution in [2.45, 2.75) is 20.3 Å². The molecule has 0 spiro atoms. The zero-order valence-corrected chi connectivity index (χ0v) is 22.3. The monoisotopic (exact) mass is 496 g/mol. The highest BCUT2D eigenvalue weighted by molar-refractivity contribution is 6.25. The molecule has 0 bridgehead atoms. The molecule has 0 N–H and O–H groups in total. The SMILES string of the molecule is Cc1ccc2c(c1)-c1cc(C)cc(-c3cccc(-c4ccc5c6ccccc6c6ccccc6c5c4)c3)c1C2. The van der Waals surface area contributed by atoms with Crippen molar-refractivity contribution in [3.8, 4) is 33.4 Å². The molecule has 0 amide bonds. The van der Waals surface area contributed by atoms with E-state index in [0.29, 0.717) is 0 Å². The van der Waals surface area contributed by atoms with Gasteiger partial charge in [-0.15, -0.1) is 0 Å². The minimum absolute atomic E-state index is 1.000. The maximum absolute atomic E-state index is 2.39. The summed E-state index contributed by atoms with van der Waals surface area (Å²) in [6.07, 6.45) is 1.000. The standard InChI is InChI=1S/C39H28/c1-24-14-15-29-23-39-36(19-25(2)20-37(39)35(29)18-24)28-9-7-8-26(21-28)27-16-17-34-32-12-4-3-10-30(32)31-11-5-6-13-33(31)38(34)22-27/h3-22H,23H2,1-2H3. The van der Waals surface area contributed by atoms with Gasteiger partial charge in [0.1, 0.15) is 0 Å². The highest BCUT2D eigenvalue weighted by Crippen LogP contribution is 2.44. The zero-order valence-electron chi connectivity index (χ0n) is 22.3. The van der Waals surface area contributed by atoms with Crippen LogP contribution in [0.25, 0.3) is 65.7 Å². The summed E-state index contributed by atoms with van der Waals surface area (Å²) in [7, 11) is 0. The molecule has 0 saturated heterocycles. The summed E-state index contributed by atoms with van der Waals surface area (Å²) in [4.78, 5) is 0. The third kappa shape index (κ3) is 3.45. The molecule has 1 aliphatic rings. The number of aryl methyl sites for hydroxylation is 2. The summed E-state index contributed by atoms with van der Waals surface area (Å²) in [5.74, 6) is 0. The summed E-state index contributed by atoms with van der Waals surface area (Å²) in [6, 6.07) is 45.4. The van der Waals surface area contributed by atoms with Crippen LogP contribution in [0.1, 0.15) is 22.3 Å². The van der Waals surface area contributed by atoms with Crippen molar-refractivity contribution in [2.24, 2.45) is 0 Å². The summed E-state index contributed by atoms with van der Waals surface area (Å²) in [5, 5.41) is 7.89. The third-order valence-electron chi connectivity index (χ3n) is 8.57. The van der Waals surface area contributed by atoms with Gasteiger partial charge in [0.2, 0.25) is 0 Å². The van der Waals surface area contributed by atoms with Crippen molar-refractivity contribution in [2.75, 3.05) is 0 Å². The van der Waals surface area contributed by atoms with Gasteiger partial charge in [0, 0.05) is 0 Å². The van der Waals surface area contributed by atoms with Crippen molar-refractivity contribution in [1.82, 2.24) is 0 Å². The van der Waals surface area contributed by atoms with Crippen LogP contribution < -0.4 is 0 Å². The van der Waals surface area contributed by atoms with Crippen LogP contribution in [0.4, 0.5) is 0 Å². The maximum Gasteiger partial charge on any atom is -0.000728 e. The van der Waals surface area contributed by atoms with E-state index in [1.807, 2.05) is 0 Å². The van der Waals surface area contributed by atoms with Gasteiger partial charge in [-0.3, -0.25) is 0 Å². The largest absolute Gasteiger partial charge is 0.0616 e. The number of benzene rings is 7. The lowest BCUT2D eigenvalue weighted by atomic mass is 9.90. The quantitative estimate of drug-likeness (QED) is 0.209. The Morgan fingerprint density at radius 3 is 1.72 bits per heavy atom. The maximum atomic E-state index is 2.39. The van der Waals surface area contributed by atoms with E-state index in [1.165, 1.54) is 88.0 Å². The number of fused-ring (bicyclic) bond motifs is 9. The molecule has 0 saturated carbocycles. The Balaban J connectivity index is 1.31. The fourth-order valence-electron chi connectivity index (χ4n) is 6.74. The Hall–Kier alpha value is -4.68. The second kappa shape index (κ2) is 8.41.